The highest BCUT2D eigenvalue weighted by Gasteiger charge is 2.11. The van der Waals surface area contributed by atoms with E-state index in [1.54, 1.807) is 11.3 Å². The number of ether oxygens (including phenoxy) is 1. The molecule has 146 valence electrons. The molecule has 0 saturated heterocycles. The third-order valence-corrected chi connectivity index (χ3v) is 5.46. The molecule has 1 aromatic heterocycles. The second-order valence-corrected chi connectivity index (χ2v) is 7.52. The lowest BCUT2D eigenvalue weighted by molar-refractivity contribution is 0.340. The first-order valence-corrected chi connectivity index (χ1v) is 10.5. The highest BCUT2D eigenvalue weighted by atomic mass is 32.1. The molecule has 28 heavy (non-hydrogen) atoms. The van der Waals surface area contributed by atoms with Crippen LogP contribution in [0.25, 0.3) is 11.3 Å². The standard InChI is InChI=1S/C23H27N3OS/c1-6-24-23-26(25-14-19-8-10-20(11-9-19)27-7-2)22(15-28-23)21-13-17(4)16(3)12-18(21)5/h8-15H,6-7H2,1-5H3. The molecule has 0 aliphatic rings. The summed E-state index contributed by atoms with van der Waals surface area (Å²) in [7, 11) is 0. The predicted octanol–water partition coefficient (Wildman–Crippen LogP) is 5.34. The maximum absolute atomic E-state index is 5.51. The van der Waals surface area contributed by atoms with Gasteiger partial charge in [0.25, 0.3) is 0 Å². The van der Waals surface area contributed by atoms with Gasteiger partial charge in [-0.2, -0.15) is 5.10 Å². The summed E-state index contributed by atoms with van der Waals surface area (Å²) in [6, 6.07) is 12.4. The zero-order valence-corrected chi connectivity index (χ0v) is 18.0. The van der Waals surface area contributed by atoms with Crippen molar-refractivity contribution >= 4 is 17.6 Å². The lowest BCUT2D eigenvalue weighted by Gasteiger charge is -2.10. The van der Waals surface area contributed by atoms with Crippen LogP contribution in [0.15, 0.2) is 51.9 Å². The third-order valence-electron chi connectivity index (χ3n) is 4.61. The van der Waals surface area contributed by atoms with Gasteiger partial charge in [0.15, 0.2) is 0 Å². The first-order valence-electron chi connectivity index (χ1n) is 9.60. The smallest absolute Gasteiger partial charge is 0.206 e. The molecule has 0 amide bonds. The number of hydrogen-bond donors (Lipinski definition) is 0. The van der Waals surface area contributed by atoms with Crippen LogP contribution in [0.2, 0.25) is 0 Å². The molecule has 0 atom stereocenters. The molecule has 1 heterocycles. The number of aryl methyl sites for hydroxylation is 3. The maximum atomic E-state index is 5.51. The number of thiazole rings is 1. The summed E-state index contributed by atoms with van der Waals surface area (Å²) in [4.78, 5) is 5.52. The van der Waals surface area contributed by atoms with Crippen molar-refractivity contribution in [1.82, 2.24) is 4.68 Å². The quantitative estimate of drug-likeness (QED) is 0.521. The van der Waals surface area contributed by atoms with Gasteiger partial charge >= 0.3 is 0 Å². The Bertz CT molecular complexity index is 1040. The van der Waals surface area contributed by atoms with Crippen molar-refractivity contribution < 1.29 is 4.74 Å². The fourth-order valence-electron chi connectivity index (χ4n) is 3.02. The van der Waals surface area contributed by atoms with Gasteiger partial charge in [-0.25, -0.2) is 4.68 Å². The Morgan fingerprint density at radius 3 is 2.39 bits per heavy atom. The number of benzene rings is 2. The summed E-state index contributed by atoms with van der Waals surface area (Å²) in [6.45, 7) is 11.9. The lowest BCUT2D eigenvalue weighted by Crippen LogP contribution is -2.12. The third kappa shape index (κ3) is 4.42. The van der Waals surface area contributed by atoms with Gasteiger partial charge in [-0.3, -0.25) is 4.99 Å². The molecule has 2 aromatic carbocycles. The molecule has 0 N–H and O–H groups in total. The van der Waals surface area contributed by atoms with E-state index in [1.807, 2.05) is 49.0 Å². The molecule has 0 aliphatic carbocycles. The monoisotopic (exact) mass is 393 g/mol. The molecule has 3 aromatic rings. The van der Waals surface area contributed by atoms with Gasteiger partial charge in [0, 0.05) is 17.5 Å². The van der Waals surface area contributed by atoms with Crippen molar-refractivity contribution in [3.05, 3.63) is 68.8 Å². The highest BCUT2D eigenvalue weighted by Crippen LogP contribution is 2.27. The Morgan fingerprint density at radius 2 is 1.71 bits per heavy atom. The molecular weight excluding hydrogens is 366 g/mol. The SMILES string of the molecule is CCN=c1scc(-c2cc(C)c(C)cc2C)n1N=Cc1ccc(OCC)cc1. The Morgan fingerprint density at radius 1 is 1.00 bits per heavy atom. The summed E-state index contributed by atoms with van der Waals surface area (Å²) in [5.74, 6) is 0.871. The summed E-state index contributed by atoms with van der Waals surface area (Å²) in [5.41, 5.74) is 7.12. The minimum Gasteiger partial charge on any atom is -0.494 e. The van der Waals surface area contributed by atoms with Gasteiger partial charge in [0.2, 0.25) is 4.80 Å². The van der Waals surface area contributed by atoms with Crippen LogP contribution in [-0.4, -0.2) is 24.0 Å². The van der Waals surface area contributed by atoms with E-state index >= 15 is 0 Å². The molecule has 0 fully saturated rings. The van der Waals surface area contributed by atoms with Crippen molar-refractivity contribution in [2.24, 2.45) is 10.1 Å². The number of rotatable bonds is 6. The van der Waals surface area contributed by atoms with Crippen LogP contribution in [0.1, 0.15) is 36.1 Å². The second kappa shape index (κ2) is 9.02. The van der Waals surface area contributed by atoms with Crippen molar-refractivity contribution in [2.75, 3.05) is 13.2 Å². The van der Waals surface area contributed by atoms with Crippen LogP contribution in [0, 0.1) is 20.8 Å². The van der Waals surface area contributed by atoms with E-state index in [9.17, 15) is 0 Å². The zero-order valence-electron chi connectivity index (χ0n) is 17.2. The van der Waals surface area contributed by atoms with Crippen molar-refractivity contribution in [2.45, 2.75) is 34.6 Å². The fourth-order valence-corrected chi connectivity index (χ4v) is 3.91. The van der Waals surface area contributed by atoms with Gasteiger partial charge in [0.1, 0.15) is 5.75 Å². The first-order chi connectivity index (χ1) is 13.5. The minimum absolute atomic E-state index is 0.665. The van der Waals surface area contributed by atoms with Gasteiger partial charge in [0.05, 0.1) is 18.5 Å². The summed E-state index contributed by atoms with van der Waals surface area (Å²) in [5, 5.41) is 6.91. The average molecular weight is 394 g/mol. The van der Waals surface area contributed by atoms with E-state index in [0.717, 1.165) is 28.4 Å². The molecule has 0 unspecified atom stereocenters. The second-order valence-electron chi connectivity index (χ2n) is 6.69. The molecule has 3 rings (SSSR count). The normalized spacial score (nSPS) is 12.1. The number of aromatic nitrogens is 1. The Labute approximate surface area is 170 Å². The molecule has 4 nitrogen and oxygen atoms in total. The van der Waals surface area contributed by atoms with Crippen LogP contribution in [0.5, 0.6) is 5.75 Å². The van der Waals surface area contributed by atoms with Crippen molar-refractivity contribution in [1.29, 1.82) is 0 Å². The molecular formula is C23H27N3OS. The van der Waals surface area contributed by atoms with Crippen LogP contribution in [-0.2, 0) is 0 Å². The van der Waals surface area contributed by atoms with Crippen molar-refractivity contribution in [3.8, 4) is 17.0 Å². The largest absolute Gasteiger partial charge is 0.494 e. The maximum Gasteiger partial charge on any atom is 0.206 e. The molecule has 0 bridgehead atoms. The molecule has 0 radical (unpaired) electrons. The van der Waals surface area contributed by atoms with Gasteiger partial charge < -0.3 is 4.74 Å². The van der Waals surface area contributed by atoms with E-state index in [0.29, 0.717) is 6.61 Å². The molecule has 0 saturated carbocycles. The van der Waals surface area contributed by atoms with Crippen molar-refractivity contribution in [3.63, 3.8) is 0 Å². The Kier molecular flexibility index (Phi) is 6.47. The highest BCUT2D eigenvalue weighted by molar-refractivity contribution is 7.07. The van der Waals surface area contributed by atoms with Gasteiger partial charge in [-0.05, 0) is 87.2 Å². The fraction of sp³-hybridized carbons (Fsp3) is 0.304. The molecule has 5 heteroatoms. The predicted molar refractivity (Wildman–Crippen MR) is 119 cm³/mol. The van der Waals surface area contributed by atoms with E-state index in [2.05, 4.69) is 43.3 Å². The van der Waals surface area contributed by atoms with Crippen LogP contribution in [0.3, 0.4) is 0 Å². The van der Waals surface area contributed by atoms with E-state index in [1.165, 1.54) is 22.3 Å². The lowest BCUT2D eigenvalue weighted by atomic mass is 9.99. The van der Waals surface area contributed by atoms with Crippen LogP contribution in [0.4, 0.5) is 0 Å². The number of nitrogens with zero attached hydrogens (tertiary/aromatic N) is 3. The molecule has 0 spiro atoms. The van der Waals surface area contributed by atoms with Gasteiger partial charge in [-0.1, -0.05) is 6.07 Å². The van der Waals surface area contributed by atoms with E-state index < -0.39 is 0 Å². The molecule has 0 aliphatic heterocycles. The average Bonchev–Trinajstić information content (AvgIpc) is 3.07. The Balaban J connectivity index is 2.04. The Hall–Kier alpha value is -2.66. The topological polar surface area (TPSA) is 38.9 Å². The minimum atomic E-state index is 0.665. The van der Waals surface area contributed by atoms with E-state index in [4.69, 9.17) is 9.84 Å². The summed E-state index contributed by atoms with van der Waals surface area (Å²) < 4.78 is 7.46. The summed E-state index contributed by atoms with van der Waals surface area (Å²) >= 11 is 1.62. The number of hydrogen-bond acceptors (Lipinski definition) is 4. The zero-order chi connectivity index (χ0) is 20.1. The summed E-state index contributed by atoms with van der Waals surface area (Å²) in [6.07, 6.45) is 1.87. The first kappa shape index (κ1) is 20.1. The van der Waals surface area contributed by atoms with Crippen LogP contribution < -0.4 is 9.54 Å². The van der Waals surface area contributed by atoms with Gasteiger partial charge in [-0.15, -0.1) is 11.3 Å². The van der Waals surface area contributed by atoms with E-state index in [-0.39, 0.29) is 0 Å². The van der Waals surface area contributed by atoms with Crippen LogP contribution >= 0.6 is 11.3 Å².